The molecule has 0 saturated heterocycles. The molecule has 39 valence electrons. The second-order valence-corrected chi connectivity index (χ2v) is 1.34. The summed E-state index contributed by atoms with van der Waals surface area (Å²) in [6.07, 6.45) is 0. The summed E-state index contributed by atoms with van der Waals surface area (Å²) in [4.78, 5) is 0. The maximum atomic E-state index is 8.74. The van der Waals surface area contributed by atoms with Crippen molar-refractivity contribution in [2.45, 2.75) is 0 Å². The second kappa shape index (κ2) is 5.69. The normalized spacial score (nSPS) is 8.29. The van der Waals surface area contributed by atoms with Crippen LogP contribution < -0.4 is 0 Å². The molecule has 7 heavy (non-hydrogen) atoms. The van der Waals surface area contributed by atoms with Crippen molar-refractivity contribution >= 4 is 60.8 Å². The van der Waals surface area contributed by atoms with E-state index in [1.165, 1.54) is 0 Å². The van der Waals surface area contributed by atoms with Gasteiger partial charge >= 0.3 is 33.5 Å². The van der Waals surface area contributed by atoms with Gasteiger partial charge in [-0.3, -0.25) is 9.11 Å². The van der Waals surface area contributed by atoms with Gasteiger partial charge in [-0.1, -0.05) is 0 Å². The van der Waals surface area contributed by atoms with Gasteiger partial charge in [0, 0.05) is 27.3 Å². The van der Waals surface area contributed by atoms with Crippen molar-refractivity contribution in [3.05, 3.63) is 0 Å². The van der Waals surface area contributed by atoms with E-state index in [0.717, 1.165) is 0 Å². The van der Waals surface area contributed by atoms with Crippen molar-refractivity contribution in [2.75, 3.05) is 0 Å². The Hall–Kier alpha value is 1.56. The molecule has 0 aromatic carbocycles. The molecule has 0 aliphatic carbocycles. The summed E-state index contributed by atoms with van der Waals surface area (Å²) in [6.45, 7) is 0. The summed E-state index contributed by atoms with van der Waals surface area (Å²) in [5, 5.41) is 0. The Morgan fingerprint density at radius 3 is 1.29 bits per heavy atom. The van der Waals surface area contributed by atoms with Crippen molar-refractivity contribution in [3.8, 4) is 0 Å². The summed E-state index contributed by atoms with van der Waals surface area (Å²) in [5.41, 5.74) is 0. The van der Waals surface area contributed by atoms with E-state index in [4.69, 9.17) is 17.5 Å². The minimum absolute atomic E-state index is 0. The summed E-state index contributed by atoms with van der Waals surface area (Å²) in [5.74, 6) is 0. The molecule has 1 radical (unpaired) electrons. The van der Waals surface area contributed by atoms with Crippen molar-refractivity contribution in [2.24, 2.45) is 0 Å². The van der Waals surface area contributed by atoms with E-state index in [1.54, 1.807) is 0 Å². The smallest absolute Gasteiger partial charge is 1.00 e. The number of hydrogen-bond acceptors (Lipinski definition) is 2. The SMILES string of the molecule is O=S(=O)(O)O.[H-].[H-].[Mg+2].[Tl]. The molecule has 0 spiro atoms. The van der Waals surface area contributed by atoms with E-state index >= 15 is 0 Å². The molecule has 0 amide bonds. The monoisotopic (exact) mass is 329 g/mol. The molecular weight excluding hydrogens is 325 g/mol. The zero-order valence-electron chi connectivity index (χ0n) is 5.40. The molecule has 0 heterocycles. The van der Waals surface area contributed by atoms with Gasteiger partial charge in [0.25, 0.3) is 0 Å². The average Bonchev–Trinajstić information content (AvgIpc) is 0.722. The molecule has 0 bridgehead atoms. The first-order chi connectivity index (χ1) is 2.00. The summed E-state index contributed by atoms with van der Waals surface area (Å²) < 4.78 is 31.6. The topological polar surface area (TPSA) is 74.6 Å². The van der Waals surface area contributed by atoms with Gasteiger partial charge in [0.2, 0.25) is 0 Å². The molecule has 0 aliphatic heterocycles. The molecule has 0 unspecified atom stereocenters. The van der Waals surface area contributed by atoms with Gasteiger partial charge < -0.3 is 2.85 Å². The largest absolute Gasteiger partial charge is 2.00 e. The first kappa shape index (κ1) is 15.8. The van der Waals surface area contributed by atoms with Crippen LogP contribution in [0.5, 0.6) is 0 Å². The first-order valence-corrected chi connectivity index (χ1v) is 2.10. The Kier molecular flexibility index (Phi) is 12.9. The van der Waals surface area contributed by atoms with Crippen molar-refractivity contribution in [1.29, 1.82) is 0 Å². The number of hydrogen-bond donors (Lipinski definition) is 2. The van der Waals surface area contributed by atoms with E-state index < -0.39 is 10.4 Å². The van der Waals surface area contributed by atoms with Gasteiger partial charge in [-0.25, -0.2) is 0 Å². The Bertz CT molecular complexity index is 102. The van der Waals surface area contributed by atoms with Crippen molar-refractivity contribution < 1.29 is 20.4 Å². The Morgan fingerprint density at radius 1 is 1.29 bits per heavy atom. The third-order valence-corrected chi connectivity index (χ3v) is 0. The molecule has 0 aromatic heterocycles. The van der Waals surface area contributed by atoms with Crippen LogP contribution in [0.3, 0.4) is 0 Å². The van der Waals surface area contributed by atoms with Gasteiger partial charge in [-0.2, -0.15) is 8.42 Å². The van der Waals surface area contributed by atoms with E-state index in [0.29, 0.717) is 0 Å². The maximum Gasteiger partial charge on any atom is 2.00 e. The molecule has 4 nitrogen and oxygen atoms in total. The molecule has 0 atom stereocenters. The van der Waals surface area contributed by atoms with E-state index in [2.05, 4.69) is 0 Å². The zero-order valence-corrected chi connectivity index (χ0v) is 10.1. The molecule has 0 aliphatic rings. The summed E-state index contributed by atoms with van der Waals surface area (Å²) >= 11 is 0. The predicted molar refractivity (Wildman–Crippen MR) is 27.9 cm³/mol. The first-order valence-electron chi connectivity index (χ1n) is 0.698. The van der Waals surface area contributed by atoms with Crippen LogP contribution in [-0.4, -0.2) is 67.9 Å². The van der Waals surface area contributed by atoms with Crippen LogP contribution in [-0.2, 0) is 10.4 Å². The van der Waals surface area contributed by atoms with E-state index in [9.17, 15) is 0 Å². The fourth-order valence-electron chi connectivity index (χ4n) is 0. The van der Waals surface area contributed by atoms with Gasteiger partial charge in [0.15, 0.2) is 0 Å². The van der Waals surface area contributed by atoms with Crippen molar-refractivity contribution in [1.82, 2.24) is 0 Å². The molecule has 2 N–H and O–H groups in total. The summed E-state index contributed by atoms with van der Waals surface area (Å²) in [6, 6.07) is 0. The van der Waals surface area contributed by atoms with Crippen LogP contribution in [0.15, 0.2) is 0 Å². The average molecular weight is 329 g/mol. The van der Waals surface area contributed by atoms with Gasteiger partial charge in [-0.15, -0.1) is 0 Å². The zero-order chi connectivity index (χ0) is 4.50. The van der Waals surface area contributed by atoms with Crippen LogP contribution in [0.1, 0.15) is 2.85 Å². The van der Waals surface area contributed by atoms with Crippen molar-refractivity contribution in [3.63, 3.8) is 0 Å². The molecule has 0 fully saturated rings. The van der Waals surface area contributed by atoms with Crippen LogP contribution in [0.25, 0.3) is 0 Å². The Labute approximate surface area is 80.5 Å². The number of rotatable bonds is 0. The molecule has 0 rings (SSSR count). The quantitative estimate of drug-likeness (QED) is 0.433. The molecular formula is H4MgO4STl. The molecule has 0 aromatic rings. The van der Waals surface area contributed by atoms with Gasteiger partial charge in [0.1, 0.15) is 0 Å². The third-order valence-electron chi connectivity index (χ3n) is 0. The maximum absolute atomic E-state index is 8.74. The van der Waals surface area contributed by atoms with E-state index in [1.807, 2.05) is 0 Å². The van der Waals surface area contributed by atoms with Crippen LogP contribution in [0, 0.1) is 0 Å². The van der Waals surface area contributed by atoms with Crippen LogP contribution >= 0.6 is 0 Å². The molecule has 0 saturated carbocycles. The second-order valence-electron chi connectivity index (χ2n) is 0.448. The Balaban J connectivity index is -0.0000000133. The fraction of sp³-hybridized carbons (Fsp3) is 0. The minimum Gasteiger partial charge on any atom is -1.00 e. The minimum atomic E-state index is -4.67. The third kappa shape index (κ3) is 96.2. The van der Waals surface area contributed by atoms with Crippen LogP contribution in [0.4, 0.5) is 0 Å². The predicted octanol–water partition coefficient (Wildman–Crippen LogP) is -1.19. The van der Waals surface area contributed by atoms with E-state index in [-0.39, 0.29) is 53.2 Å². The fourth-order valence-corrected chi connectivity index (χ4v) is 0. The Morgan fingerprint density at radius 2 is 1.29 bits per heavy atom. The standard InChI is InChI=1S/Mg.H2O4S.Tl.2H/c;1-5(2,3)4;;;/h;(H2,1,2,3,4);;;/q+2;;;2*-1. The van der Waals surface area contributed by atoms with Gasteiger partial charge in [0.05, 0.1) is 0 Å². The molecule has 7 heteroatoms. The van der Waals surface area contributed by atoms with Crippen LogP contribution in [0.2, 0.25) is 0 Å². The summed E-state index contributed by atoms with van der Waals surface area (Å²) in [7, 11) is -4.67. The van der Waals surface area contributed by atoms with Gasteiger partial charge in [-0.05, 0) is 0 Å².